The summed E-state index contributed by atoms with van der Waals surface area (Å²) in [4.78, 5) is 15.1. The number of nitrogens with one attached hydrogen (secondary N) is 2. The van der Waals surface area contributed by atoms with Gasteiger partial charge in [0.25, 0.3) is 0 Å². The van der Waals surface area contributed by atoms with Crippen LogP contribution < -0.4 is 5.32 Å². The van der Waals surface area contributed by atoms with Gasteiger partial charge in [-0.1, -0.05) is 42.0 Å². The summed E-state index contributed by atoms with van der Waals surface area (Å²) < 4.78 is 7.53. The summed E-state index contributed by atoms with van der Waals surface area (Å²) in [6, 6.07) is 16.0. The van der Waals surface area contributed by atoms with Crippen molar-refractivity contribution in [1.82, 2.24) is 19.7 Å². The Kier molecular flexibility index (Phi) is 6.91. The first-order valence-electron chi connectivity index (χ1n) is 10.5. The highest BCUT2D eigenvalue weighted by molar-refractivity contribution is 7.71. The van der Waals surface area contributed by atoms with E-state index >= 15 is 0 Å². The first kappa shape index (κ1) is 21.4. The van der Waals surface area contributed by atoms with Crippen LogP contribution in [0.1, 0.15) is 11.1 Å². The number of hydrogen-bond acceptors (Lipinski definition) is 5. The standard InChI is InChI=1S/C23H27N5O2S/c1-17-2-6-19(7-3-17)22-25-26-23(31)28(22)16-21(29)24-20-8-4-18(5-9-20)10-11-27-12-14-30-15-13-27/h2-9H,10-16H2,1H3,(H,24,29)(H,26,31). The van der Waals surface area contributed by atoms with Crippen LogP contribution in [0.25, 0.3) is 11.4 Å². The summed E-state index contributed by atoms with van der Waals surface area (Å²) in [5.74, 6) is 0.505. The second-order valence-corrected chi connectivity index (χ2v) is 8.14. The minimum Gasteiger partial charge on any atom is -0.379 e. The summed E-state index contributed by atoms with van der Waals surface area (Å²) >= 11 is 5.33. The molecule has 2 N–H and O–H groups in total. The van der Waals surface area contributed by atoms with Gasteiger partial charge in [-0.3, -0.25) is 19.4 Å². The fourth-order valence-electron chi connectivity index (χ4n) is 3.60. The number of morpholine rings is 1. The van der Waals surface area contributed by atoms with Gasteiger partial charge in [0.2, 0.25) is 5.91 Å². The van der Waals surface area contributed by atoms with Crippen LogP contribution in [0.15, 0.2) is 48.5 Å². The van der Waals surface area contributed by atoms with E-state index in [-0.39, 0.29) is 12.5 Å². The number of carbonyl (C=O) groups is 1. The molecule has 31 heavy (non-hydrogen) atoms. The molecule has 0 spiro atoms. The van der Waals surface area contributed by atoms with Crippen LogP contribution in [0.3, 0.4) is 0 Å². The molecule has 0 atom stereocenters. The molecule has 8 heteroatoms. The number of hydrogen-bond donors (Lipinski definition) is 2. The molecule has 1 aliphatic heterocycles. The zero-order chi connectivity index (χ0) is 21.6. The second kappa shape index (κ2) is 10.00. The lowest BCUT2D eigenvalue weighted by atomic mass is 10.1. The third-order valence-electron chi connectivity index (χ3n) is 5.43. The number of amides is 1. The van der Waals surface area contributed by atoms with Gasteiger partial charge in [0.15, 0.2) is 10.6 Å². The first-order chi connectivity index (χ1) is 15.1. The lowest BCUT2D eigenvalue weighted by Gasteiger charge is -2.26. The zero-order valence-electron chi connectivity index (χ0n) is 17.6. The Bertz CT molecular complexity index is 1070. The SMILES string of the molecule is Cc1ccc(-c2n[nH]c(=S)n2CC(=O)Nc2ccc(CCN3CCOCC3)cc2)cc1. The van der Waals surface area contributed by atoms with Crippen molar-refractivity contribution < 1.29 is 9.53 Å². The molecule has 0 saturated carbocycles. The van der Waals surface area contributed by atoms with Gasteiger partial charge in [-0.2, -0.15) is 5.10 Å². The maximum absolute atomic E-state index is 12.6. The Morgan fingerprint density at radius 2 is 1.84 bits per heavy atom. The monoisotopic (exact) mass is 437 g/mol. The number of H-pyrrole nitrogens is 1. The number of aromatic amines is 1. The molecule has 1 amide bonds. The number of nitrogens with zero attached hydrogens (tertiary/aromatic N) is 3. The van der Waals surface area contributed by atoms with E-state index in [1.54, 1.807) is 4.57 Å². The molecule has 7 nitrogen and oxygen atoms in total. The normalized spacial score (nSPS) is 14.5. The molecule has 1 aromatic heterocycles. The number of ether oxygens (including phenoxy) is 1. The molecule has 3 aromatic rings. The number of benzene rings is 2. The summed E-state index contributed by atoms with van der Waals surface area (Å²) in [6.45, 7) is 6.77. The van der Waals surface area contributed by atoms with Crippen molar-refractivity contribution >= 4 is 23.8 Å². The maximum atomic E-state index is 12.6. The summed E-state index contributed by atoms with van der Waals surface area (Å²) in [6.07, 6.45) is 0.984. The van der Waals surface area contributed by atoms with Crippen LogP contribution in [0.2, 0.25) is 0 Å². The predicted octanol–water partition coefficient (Wildman–Crippen LogP) is 3.43. The number of anilines is 1. The number of carbonyl (C=O) groups excluding carboxylic acids is 1. The summed E-state index contributed by atoms with van der Waals surface area (Å²) in [5.41, 5.74) is 4.10. The predicted molar refractivity (Wildman–Crippen MR) is 124 cm³/mol. The van der Waals surface area contributed by atoms with Crippen molar-refractivity contribution in [3.05, 3.63) is 64.4 Å². The van der Waals surface area contributed by atoms with Crippen molar-refractivity contribution in [2.24, 2.45) is 0 Å². The lowest BCUT2D eigenvalue weighted by molar-refractivity contribution is -0.116. The topological polar surface area (TPSA) is 75.2 Å². The van der Waals surface area contributed by atoms with E-state index in [4.69, 9.17) is 17.0 Å². The van der Waals surface area contributed by atoms with E-state index in [0.717, 1.165) is 56.1 Å². The van der Waals surface area contributed by atoms with Crippen LogP contribution in [0, 0.1) is 11.7 Å². The maximum Gasteiger partial charge on any atom is 0.244 e. The van der Waals surface area contributed by atoms with Gasteiger partial charge >= 0.3 is 0 Å². The third kappa shape index (κ3) is 5.66. The fraction of sp³-hybridized carbons (Fsp3) is 0.348. The Labute approximate surface area is 187 Å². The highest BCUT2D eigenvalue weighted by Crippen LogP contribution is 2.18. The summed E-state index contributed by atoms with van der Waals surface area (Å²) in [5, 5.41) is 10.0. The molecule has 4 rings (SSSR count). The molecule has 1 saturated heterocycles. The van der Waals surface area contributed by atoms with E-state index < -0.39 is 0 Å². The van der Waals surface area contributed by atoms with Crippen LogP contribution in [0.5, 0.6) is 0 Å². The Hall–Kier alpha value is -2.81. The van der Waals surface area contributed by atoms with E-state index in [9.17, 15) is 4.79 Å². The summed E-state index contributed by atoms with van der Waals surface area (Å²) in [7, 11) is 0. The van der Waals surface area contributed by atoms with Gasteiger partial charge in [0, 0.05) is 30.9 Å². The van der Waals surface area contributed by atoms with Crippen molar-refractivity contribution in [3.8, 4) is 11.4 Å². The fourth-order valence-corrected chi connectivity index (χ4v) is 3.79. The molecule has 2 heterocycles. The lowest BCUT2D eigenvalue weighted by Crippen LogP contribution is -2.37. The highest BCUT2D eigenvalue weighted by Gasteiger charge is 2.13. The number of aryl methyl sites for hydroxylation is 1. The van der Waals surface area contributed by atoms with Crippen LogP contribution in [0.4, 0.5) is 5.69 Å². The number of aromatic nitrogens is 3. The van der Waals surface area contributed by atoms with Crippen molar-refractivity contribution in [2.45, 2.75) is 19.9 Å². The molecule has 1 aliphatic rings. The van der Waals surface area contributed by atoms with Crippen LogP contribution in [-0.4, -0.2) is 58.4 Å². The molecule has 162 valence electrons. The molecule has 0 unspecified atom stereocenters. The second-order valence-electron chi connectivity index (χ2n) is 7.75. The zero-order valence-corrected chi connectivity index (χ0v) is 18.5. The van der Waals surface area contributed by atoms with E-state index in [1.807, 2.05) is 43.3 Å². The van der Waals surface area contributed by atoms with Gasteiger partial charge in [0.1, 0.15) is 6.54 Å². The average molecular weight is 438 g/mol. The van der Waals surface area contributed by atoms with Gasteiger partial charge < -0.3 is 10.1 Å². The van der Waals surface area contributed by atoms with E-state index in [0.29, 0.717) is 10.6 Å². The molecule has 1 fully saturated rings. The van der Waals surface area contributed by atoms with Crippen LogP contribution >= 0.6 is 12.2 Å². The Balaban J connectivity index is 1.35. The highest BCUT2D eigenvalue weighted by atomic mass is 32.1. The van der Waals surface area contributed by atoms with E-state index in [2.05, 4.69) is 32.5 Å². The average Bonchev–Trinajstić information content (AvgIpc) is 3.14. The van der Waals surface area contributed by atoms with Crippen LogP contribution in [-0.2, 0) is 22.5 Å². The minimum atomic E-state index is -0.146. The van der Waals surface area contributed by atoms with Gasteiger partial charge in [-0.25, -0.2) is 0 Å². The molecule has 0 bridgehead atoms. The van der Waals surface area contributed by atoms with Gasteiger partial charge in [0.05, 0.1) is 13.2 Å². The van der Waals surface area contributed by atoms with Crippen molar-refractivity contribution in [2.75, 3.05) is 38.2 Å². The molecular weight excluding hydrogens is 410 g/mol. The van der Waals surface area contributed by atoms with Gasteiger partial charge in [-0.15, -0.1) is 0 Å². The molecular formula is C23H27N5O2S. The number of rotatable bonds is 7. The van der Waals surface area contributed by atoms with Crippen molar-refractivity contribution in [1.29, 1.82) is 0 Å². The first-order valence-corrected chi connectivity index (χ1v) is 10.9. The largest absolute Gasteiger partial charge is 0.379 e. The van der Waals surface area contributed by atoms with Gasteiger partial charge in [-0.05, 0) is 43.3 Å². The molecule has 0 aliphatic carbocycles. The smallest absolute Gasteiger partial charge is 0.244 e. The van der Waals surface area contributed by atoms with Crippen molar-refractivity contribution in [3.63, 3.8) is 0 Å². The molecule has 0 radical (unpaired) electrons. The minimum absolute atomic E-state index is 0.0946. The van der Waals surface area contributed by atoms with E-state index in [1.165, 1.54) is 5.56 Å². The Morgan fingerprint density at radius 3 is 2.55 bits per heavy atom. The quantitative estimate of drug-likeness (QED) is 0.554. The third-order valence-corrected chi connectivity index (χ3v) is 5.74. The Morgan fingerprint density at radius 1 is 1.13 bits per heavy atom. The molecule has 2 aromatic carbocycles.